The Morgan fingerprint density at radius 1 is 1.11 bits per heavy atom. The molecule has 9 heteroatoms. The van der Waals surface area contributed by atoms with Crippen LogP contribution in [0.5, 0.6) is 0 Å². The molecule has 0 saturated carbocycles. The molecular weight excluding hydrogens is 546 g/mol. The SMILES string of the molecule is O=C(/C=C/c1cccs1)Nc1cccc(CNc2cc(-c3ccccc3Cl)nc3c(Br)cnn23)c1. The fraction of sp³-hybridized carbons (Fsp3) is 0.0385. The van der Waals surface area contributed by atoms with Gasteiger partial charge in [0, 0.05) is 39.8 Å². The molecule has 3 heterocycles. The third kappa shape index (κ3) is 5.45. The Kier molecular flexibility index (Phi) is 6.94. The van der Waals surface area contributed by atoms with Gasteiger partial charge >= 0.3 is 0 Å². The van der Waals surface area contributed by atoms with Crippen molar-refractivity contribution in [3.8, 4) is 11.3 Å². The van der Waals surface area contributed by atoms with E-state index in [-0.39, 0.29) is 5.91 Å². The lowest BCUT2D eigenvalue weighted by Crippen LogP contribution is -2.09. The lowest BCUT2D eigenvalue weighted by molar-refractivity contribution is -0.111. The van der Waals surface area contributed by atoms with Crippen LogP contribution in [-0.4, -0.2) is 20.5 Å². The smallest absolute Gasteiger partial charge is 0.248 e. The van der Waals surface area contributed by atoms with Crippen LogP contribution in [0.1, 0.15) is 10.4 Å². The van der Waals surface area contributed by atoms with E-state index in [9.17, 15) is 4.79 Å². The van der Waals surface area contributed by atoms with E-state index in [0.717, 1.165) is 37.7 Å². The van der Waals surface area contributed by atoms with Crippen molar-refractivity contribution in [3.05, 3.63) is 104 Å². The predicted molar refractivity (Wildman–Crippen MR) is 147 cm³/mol. The molecule has 0 unspecified atom stereocenters. The average Bonchev–Trinajstić information content (AvgIpc) is 3.52. The van der Waals surface area contributed by atoms with Crippen molar-refractivity contribution in [2.75, 3.05) is 10.6 Å². The van der Waals surface area contributed by atoms with E-state index >= 15 is 0 Å². The molecule has 0 spiro atoms. The van der Waals surface area contributed by atoms with Crippen molar-refractivity contribution in [2.24, 2.45) is 0 Å². The number of hydrogen-bond donors (Lipinski definition) is 2. The lowest BCUT2D eigenvalue weighted by atomic mass is 10.1. The first kappa shape index (κ1) is 23.3. The number of aromatic nitrogens is 3. The summed E-state index contributed by atoms with van der Waals surface area (Å²) in [5.74, 6) is 0.592. The Balaban J connectivity index is 1.35. The van der Waals surface area contributed by atoms with Gasteiger partial charge in [-0.1, -0.05) is 48.0 Å². The molecule has 2 aromatic carbocycles. The summed E-state index contributed by atoms with van der Waals surface area (Å²) in [6, 6.07) is 21.2. The minimum absolute atomic E-state index is 0.176. The van der Waals surface area contributed by atoms with Crippen molar-refractivity contribution in [3.63, 3.8) is 0 Å². The Morgan fingerprint density at radius 2 is 2.00 bits per heavy atom. The van der Waals surface area contributed by atoms with E-state index in [1.807, 2.05) is 72.1 Å². The van der Waals surface area contributed by atoms with Gasteiger partial charge in [-0.2, -0.15) is 9.61 Å². The highest BCUT2D eigenvalue weighted by Crippen LogP contribution is 2.30. The van der Waals surface area contributed by atoms with E-state index in [4.69, 9.17) is 16.6 Å². The molecule has 3 aromatic heterocycles. The molecule has 5 aromatic rings. The van der Waals surface area contributed by atoms with E-state index in [2.05, 4.69) is 31.7 Å². The topological polar surface area (TPSA) is 71.3 Å². The number of carbonyl (C=O) groups is 1. The van der Waals surface area contributed by atoms with Crippen molar-refractivity contribution in [1.29, 1.82) is 0 Å². The zero-order valence-corrected chi connectivity index (χ0v) is 21.4. The summed E-state index contributed by atoms with van der Waals surface area (Å²) >= 11 is 11.5. The summed E-state index contributed by atoms with van der Waals surface area (Å²) in [6.45, 7) is 0.521. The van der Waals surface area contributed by atoms with Gasteiger partial charge in [0.05, 0.1) is 16.4 Å². The summed E-state index contributed by atoms with van der Waals surface area (Å²) in [4.78, 5) is 18.1. The third-order valence-corrected chi connectivity index (χ3v) is 6.92. The van der Waals surface area contributed by atoms with Crippen LogP contribution >= 0.6 is 38.9 Å². The second kappa shape index (κ2) is 10.4. The third-order valence-electron chi connectivity index (χ3n) is 5.19. The molecule has 2 N–H and O–H groups in total. The number of thiophene rings is 1. The number of benzene rings is 2. The van der Waals surface area contributed by atoms with Crippen molar-refractivity contribution in [1.82, 2.24) is 14.6 Å². The number of fused-ring (bicyclic) bond motifs is 1. The molecule has 0 saturated heterocycles. The molecule has 0 atom stereocenters. The van der Waals surface area contributed by atoms with Crippen molar-refractivity contribution < 1.29 is 4.79 Å². The molecule has 0 bridgehead atoms. The maximum Gasteiger partial charge on any atom is 0.248 e. The highest BCUT2D eigenvalue weighted by Gasteiger charge is 2.13. The van der Waals surface area contributed by atoms with Crippen LogP contribution in [0.15, 0.2) is 88.9 Å². The van der Waals surface area contributed by atoms with E-state index in [1.165, 1.54) is 6.08 Å². The molecule has 0 aliphatic rings. The van der Waals surface area contributed by atoms with Gasteiger partial charge in [0.25, 0.3) is 0 Å². The molecule has 174 valence electrons. The standard InChI is InChI=1S/C26H19BrClN5OS/c27-21-16-30-33-24(14-23(32-26(21)33)20-8-1-2-9-22(20)28)29-15-17-5-3-6-18(13-17)31-25(34)11-10-19-7-4-12-35-19/h1-14,16,29H,15H2,(H,31,34)/b11-10+. The van der Waals surface area contributed by atoms with Crippen LogP contribution in [0.25, 0.3) is 23.0 Å². The highest BCUT2D eigenvalue weighted by atomic mass is 79.9. The summed E-state index contributed by atoms with van der Waals surface area (Å²) in [5.41, 5.74) is 3.99. The van der Waals surface area contributed by atoms with Gasteiger partial charge in [-0.15, -0.1) is 11.3 Å². The van der Waals surface area contributed by atoms with E-state index in [0.29, 0.717) is 17.2 Å². The van der Waals surface area contributed by atoms with Gasteiger partial charge in [-0.3, -0.25) is 4.79 Å². The maximum absolute atomic E-state index is 12.3. The first-order valence-corrected chi connectivity index (χ1v) is 12.8. The van der Waals surface area contributed by atoms with E-state index < -0.39 is 0 Å². The minimum atomic E-state index is -0.176. The minimum Gasteiger partial charge on any atom is -0.366 e. The molecule has 0 fully saturated rings. The second-order valence-electron chi connectivity index (χ2n) is 7.63. The van der Waals surface area contributed by atoms with Crippen molar-refractivity contribution >= 4 is 68.0 Å². The number of nitrogens with zero attached hydrogens (tertiary/aromatic N) is 3. The van der Waals surface area contributed by atoms with Gasteiger partial charge < -0.3 is 10.6 Å². The zero-order valence-electron chi connectivity index (χ0n) is 18.3. The molecule has 0 aliphatic heterocycles. The fourth-order valence-corrected chi connectivity index (χ4v) is 4.75. The van der Waals surface area contributed by atoms with Crippen LogP contribution in [0, 0.1) is 0 Å². The molecule has 0 radical (unpaired) electrons. The summed E-state index contributed by atoms with van der Waals surface area (Å²) in [7, 11) is 0. The van der Waals surface area contributed by atoms with Gasteiger partial charge in [-0.25, -0.2) is 4.98 Å². The van der Waals surface area contributed by atoms with Crippen LogP contribution in [-0.2, 0) is 11.3 Å². The number of hydrogen-bond acceptors (Lipinski definition) is 5. The summed E-state index contributed by atoms with van der Waals surface area (Å²) in [6.07, 6.45) is 5.05. The molecule has 0 aliphatic carbocycles. The fourth-order valence-electron chi connectivity index (χ4n) is 3.55. The number of halogens is 2. The van der Waals surface area contributed by atoms with Crippen LogP contribution in [0.3, 0.4) is 0 Å². The maximum atomic E-state index is 12.3. The van der Waals surface area contributed by atoms with Gasteiger partial charge in [-0.05, 0) is 57.2 Å². The first-order valence-electron chi connectivity index (χ1n) is 10.7. The predicted octanol–water partition coefficient (Wildman–Crippen LogP) is 7.14. The Hall–Kier alpha value is -3.46. The monoisotopic (exact) mass is 563 g/mol. The Bertz CT molecular complexity index is 1530. The normalized spacial score (nSPS) is 11.3. The summed E-state index contributed by atoms with van der Waals surface area (Å²) in [5, 5.41) is 13.4. The van der Waals surface area contributed by atoms with Gasteiger partial charge in [0.1, 0.15) is 5.82 Å². The number of amides is 1. The number of carbonyl (C=O) groups excluding carboxylic acids is 1. The Morgan fingerprint density at radius 3 is 2.83 bits per heavy atom. The Labute approximate surface area is 219 Å². The first-order chi connectivity index (χ1) is 17.1. The largest absolute Gasteiger partial charge is 0.366 e. The van der Waals surface area contributed by atoms with Crippen LogP contribution in [0.4, 0.5) is 11.5 Å². The number of anilines is 2. The molecule has 6 nitrogen and oxygen atoms in total. The van der Waals surface area contributed by atoms with Crippen LogP contribution in [0.2, 0.25) is 5.02 Å². The quantitative estimate of drug-likeness (QED) is 0.206. The lowest BCUT2D eigenvalue weighted by Gasteiger charge is -2.12. The zero-order chi connectivity index (χ0) is 24.2. The summed E-state index contributed by atoms with van der Waals surface area (Å²) < 4.78 is 2.53. The van der Waals surface area contributed by atoms with E-state index in [1.54, 1.807) is 28.1 Å². The van der Waals surface area contributed by atoms with Gasteiger partial charge in [0.15, 0.2) is 5.65 Å². The molecule has 35 heavy (non-hydrogen) atoms. The molecular formula is C26H19BrClN5OS. The average molecular weight is 565 g/mol. The number of rotatable bonds is 7. The molecule has 1 amide bonds. The second-order valence-corrected chi connectivity index (χ2v) is 9.87. The number of nitrogens with one attached hydrogen (secondary N) is 2. The highest BCUT2D eigenvalue weighted by molar-refractivity contribution is 9.10. The van der Waals surface area contributed by atoms with Crippen molar-refractivity contribution in [2.45, 2.75) is 6.54 Å². The van der Waals surface area contributed by atoms with Gasteiger partial charge in [0.2, 0.25) is 5.91 Å². The molecule has 5 rings (SSSR count). The van der Waals surface area contributed by atoms with Crippen LogP contribution < -0.4 is 10.6 Å².